The normalized spacial score (nSPS) is 42.6. The molecule has 0 saturated carbocycles. The maximum atomic E-state index is 10.5. The fourth-order valence-electron chi connectivity index (χ4n) is 1.26. The van der Waals surface area contributed by atoms with Crippen LogP contribution in [-0.2, 0) is 4.79 Å². The minimum absolute atomic E-state index is 0.102. The van der Waals surface area contributed by atoms with E-state index >= 15 is 0 Å². The van der Waals surface area contributed by atoms with E-state index in [9.17, 15) is 4.79 Å². The number of rotatable bonds is 0. The monoisotopic (exact) mass is 113 g/mol. The predicted octanol–water partition coefficient (Wildman–Crippen LogP) is -1.04. The number of amides is 1. The molecule has 2 rings (SSSR count). The highest BCUT2D eigenvalue weighted by atomic mass is 16.3. The number of fused-ring (bicyclic) bond motifs is 1. The molecule has 2 atom stereocenters. The molecule has 2 heterocycles. The van der Waals surface area contributed by atoms with E-state index in [1.165, 1.54) is 0 Å². The van der Waals surface area contributed by atoms with E-state index in [-0.39, 0.29) is 18.1 Å². The van der Waals surface area contributed by atoms with Gasteiger partial charge in [0.1, 0.15) is 6.04 Å². The van der Waals surface area contributed by atoms with Crippen LogP contribution in [0, 0.1) is 0 Å². The average molecular weight is 113 g/mol. The summed E-state index contributed by atoms with van der Waals surface area (Å²) in [5.74, 6) is 0.218. The van der Waals surface area contributed by atoms with Crippen molar-refractivity contribution in [2.24, 2.45) is 0 Å². The van der Waals surface area contributed by atoms with Crippen LogP contribution >= 0.6 is 0 Å². The smallest absolute Gasteiger partial charge is 0.246 e. The van der Waals surface area contributed by atoms with Crippen LogP contribution in [0.15, 0.2) is 0 Å². The van der Waals surface area contributed by atoms with E-state index in [4.69, 9.17) is 5.11 Å². The molecule has 0 radical (unpaired) electrons. The van der Waals surface area contributed by atoms with Crippen molar-refractivity contribution in [3.63, 3.8) is 0 Å². The fourth-order valence-corrected chi connectivity index (χ4v) is 1.26. The Hall–Kier alpha value is -0.570. The second-order valence-electron chi connectivity index (χ2n) is 2.40. The average Bonchev–Trinajstić information content (AvgIpc) is 2.29. The van der Waals surface area contributed by atoms with Gasteiger partial charge in [-0.25, -0.2) is 0 Å². The molecule has 8 heavy (non-hydrogen) atoms. The molecule has 3 heteroatoms. The van der Waals surface area contributed by atoms with Crippen molar-refractivity contribution in [3.05, 3.63) is 0 Å². The second kappa shape index (κ2) is 1.05. The van der Waals surface area contributed by atoms with Crippen molar-refractivity contribution in [1.82, 2.24) is 4.90 Å². The summed E-state index contributed by atoms with van der Waals surface area (Å²) in [5.41, 5.74) is 0. The summed E-state index contributed by atoms with van der Waals surface area (Å²) in [6.07, 6.45) is 0.427. The predicted molar refractivity (Wildman–Crippen MR) is 26.1 cm³/mol. The molecule has 44 valence electrons. The maximum Gasteiger partial charge on any atom is 0.246 e. The molecule has 3 nitrogen and oxygen atoms in total. The Bertz CT molecular complexity index is 131. The van der Waals surface area contributed by atoms with Gasteiger partial charge in [0.25, 0.3) is 0 Å². The Morgan fingerprint density at radius 2 is 2.50 bits per heavy atom. The van der Waals surface area contributed by atoms with E-state index in [0.29, 0.717) is 13.0 Å². The maximum absolute atomic E-state index is 10.5. The van der Waals surface area contributed by atoms with Gasteiger partial charge in [0, 0.05) is 13.0 Å². The van der Waals surface area contributed by atoms with Crippen LogP contribution in [0.5, 0.6) is 0 Å². The lowest BCUT2D eigenvalue weighted by Crippen LogP contribution is -2.13. The lowest BCUT2D eigenvalue weighted by Gasteiger charge is -1.97. The number of carbonyl (C=O) groups is 1. The van der Waals surface area contributed by atoms with E-state index < -0.39 is 0 Å². The quantitative estimate of drug-likeness (QED) is 0.408. The Kier molecular flexibility index (Phi) is 0.568. The van der Waals surface area contributed by atoms with Crippen molar-refractivity contribution < 1.29 is 9.90 Å². The number of aliphatic hydroxyl groups excluding tert-OH is 1. The second-order valence-corrected chi connectivity index (χ2v) is 2.40. The summed E-state index contributed by atoms with van der Waals surface area (Å²) >= 11 is 0. The lowest BCUT2D eigenvalue weighted by atomic mass is 10.2. The number of aliphatic hydroxyl groups is 1. The molecule has 1 amide bonds. The molecule has 0 bridgehead atoms. The Balaban J connectivity index is 2.09. The number of nitrogens with zero attached hydrogens (tertiary/aromatic N) is 1. The topological polar surface area (TPSA) is 40.3 Å². The molecular formula is C5H7NO2. The van der Waals surface area contributed by atoms with Crippen LogP contribution in [0.25, 0.3) is 0 Å². The molecule has 0 spiro atoms. The highest BCUT2D eigenvalue weighted by Gasteiger charge is 2.52. The zero-order chi connectivity index (χ0) is 5.72. The van der Waals surface area contributed by atoms with Crippen LogP contribution in [0.3, 0.4) is 0 Å². The van der Waals surface area contributed by atoms with Gasteiger partial charge in [-0.2, -0.15) is 0 Å². The van der Waals surface area contributed by atoms with Gasteiger partial charge in [-0.3, -0.25) is 4.79 Å². The SMILES string of the molecule is O=C1C2CC(O)CN12. The first kappa shape index (κ1) is 4.32. The van der Waals surface area contributed by atoms with Crippen LogP contribution in [0.4, 0.5) is 0 Å². The van der Waals surface area contributed by atoms with Crippen molar-refractivity contribution in [1.29, 1.82) is 0 Å². The fraction of sp³-hybridized carbons (Fsp3) is 0.800. The minimum Gasteiger partial charge on any atom is -0.391 e. The van der Waals surface area contributed by atoms with Gasteiger partial charge < -0.3 is 10.0 Å². The molecule has 2 fully saturated rings. The van der Waals surface area contributed by atoms with Gasteiger partial charge in [0.2, 0.25) is 5.91 Å². The molecule has 1 N–H and O–H groups in total. The summed E-state index contributed by atoms with van der Waals surface area (Å²) < 4.78 is 0. The molecule has 2 aliphatic heterocycles. The van der Waals surface area contributed by atoms with Gasteiger partial charge in [0.15, 0.2) is 0 Å². The van der Waals surface area contributed by atoms with Crippen LogP contribution in [0.2, 0.25) is 0 Å². The molecule has 0 aromatic rings. The zero-order valence-corrected chi connectivity index (χ0v) is 4.37. The number of hydrogen-bond donors (Lipinski definition) is 1. The standard InChI is InChI=1S/C5H7NO2/c7-3-1-4-5(8)6(4)2-3/h3-4,7H,1-2H2. The van der Waals surface area contributed by atoms with Gasteiger partial charge >= 0.3 is 0 Å². The summed E-state index contributed by atoms with van der Waals surface area (Å²) in [6.45, 7) is 0.573. The van der Waals surface area contributed by atoms with Crippen LogP contribution < -0.4 is 0 Å². The van der Waals surface area contributed by atoms with E-state index in [0.717, 1.165) is 0 Å². The van der Waals surface area contributed by atoms with E-state index in [1.807, 2.05) is 0 Å². The van der Waals surface area contributed by atoms with Crippen molar-refractivity contribution in [2.45, 2.75) is 18.6 Å². The Labute approximate surface area is 46.9 Å². The zero-order valence-electron chi connectivity index (χ0n) is 4.37. The van der Waals surface area contributed by atoms with Gasteiger partial charge in [-0.05, 0) is 0 Å². The third-order valence-electron chi connectivity index (χ3n) is 1.78. The lowest BCUT2D eigenvalue weighted by molar-refractivity contribution is -0.115. The largest absolute Gasteiger partial charge is 0.391 e. The molecule has 2 unspecified atom stereocenters. The number of piperidine rings is 1. The minimum atomic E-state index is -0.238. The Morgan fingerprint density at radius 3 is 2.88 bits per heavy atom. The summed E-state index contributed by atoms with van der Waals surface area (Å²) in [4.78, 5) is 12.2. The van der Waals surface area contributed by atoms with Crippen molar-refractivity contribution >= 4 is 5.91 Å². The van der Waals surface area contributed by atoms with E-state index in [1.54, 1.807) is 4.90 Å². The third kappa shape index (κ3) is 0.351. The molecule has 0 aromatic carbocycles. The van der Waals surface area contributed by atoms with Gasteiger partial charge in [-0.15, -0.1) is 0 Å². The summed E-state index contributed by atoms with van der Waals surface area (Å²) in [7, 11) is 0. The van der Waals surface area contributed by atoms with E-state index in [2.05, 4.69) is 0 Å². The number of hydrogen-bond acceptors (Lipinski definition) is 2. The van der Waals surface area contributed by atoms with Crippen LogP contribution in [-0.4, -0.2) is 34.6 Å². The highest BCUT2D eigenvalue weighted by Crippen LogP contribution is 2.31. The molecular weight excluding hydrogens is 106 g/mol. The highest BCUT2D eigenvalue weighted by molar-refractivity contribution is 5.97. The number of carbonyl (C=O) groups excluding carboxylic acids is 1. The molecule has 0 aromatic heterocycles. The first-order valence-corrected chi connectivity index (χ1v) is 2.77. The Morgan fingerprint density at radius 1 is 1.75 bits per heavy atom. The first-order valence-electron chi connectivity index (χ1n) is 2.77. The molecule has 2 aliphatic rings. The van der Waals surface area contributed by atoms with Crippen LogP contribution in [0.1, 0.15) is 6.42 Å². The molecule has 2 saturated heterocycles. The van der Waals surface area contributed by atoms with Crippen molar-refractivity contribution in [3.8, 4) is 0 Å². The summed E-state index contributed by atoms with van der Waals surface area (Å²) in [5, 5.41) is 8.85. The van der Waals surface area contributed by atoms with Gasteiger partial charge in [-0.1, -0.05) is 0 Å². The van der Waals surface area contributed by atoms with Crippen molar-refractivity contribution in [2.75, 3.05) is 6.54 Å². The summed E-state index contributed by atoms with van der Waals surface area (Å²) in [6, 6.07) is 0.102. The van der Waals surface area contributed by atoms with Gasteiger partial charge in [0.05, 0.1) is 6.10 Å². The molecule has 0 aliphatic carbocycles. The third-order valence-corrected chi connectivity index (χ3v) is 1.78. The first-order chi connectivity index (χ1) is 3.79.